The fourth-order valence-corrected chi connectivity index (χ4v) is 3.58. The van der Waals surface area contributed by atoms with Crippen molar-refractivity contribution < 1.29 is 14.3 Å². The zero-order valence-corrected chi connectivity index (χ0v) is 16.5. The molecule has 1 heterocycles. The largest absolute Gasteiger partial charge is 0.486 e. The van der Waals surface area contributed by atoms with Crippen molar-refractivity contribution in [1.82, 2.24) is 10.2 Å². The first kappa shape index (κ1) is 19.5. The number of nitrogens with one attached hydrogen (secondary N) is 1. The van der Waals surface area contributed by atoms with Gasteiger partial charge in [-0.05, 0) is 42.9 Å². The number of carbonyl (C=O) groups excluding carboxylic acids is 1. The average molecular weight is 389 g/mol. The number of halogens is 1. The van der Waals surface area contributed by atoms with Crippen molar-refractivity contribution in [2.24, 2.45) is 0 Å². The molecule has 27 heavy (non-hydrogen) atoms. The highest BCUT2D eigenvalue weighted by molar-refractivity contribution is 6.31. The van der Waals surface area contributed by atoms with Crippen LogP contribution in [-0.2, 0) is 0 Å². The molecule has 1 N–H and O–H groups in total. The molecule has 2 aromatic carbocycles. The molecule has 0 aliphatic carbocycles. The fourth-order valence-electron chi connectivity index (χ4n) is 3.32. The number of hydrogen-bond acceptors (Lipinski definition) is 4. The van der Waals surface area contributed by atoms with E-state index in [2.05, 4.69) is 24.1 Å². The molecule has 6 heteroatoms. The van der Waals surface area contributed by atoms with Gasteiger partial charge >= 0.3 is 0 Å². The maximum Gasteiger partial charge on any atom is 0.251 e. The van der Waals surface area contributed by atoms with Crippen molar-refractivity contribution in [1.29, 1.82) is 0 Å². The van der Waals surface area contributed by atoms with Gasteiger partial charge in [0.25, 0.3) is 5.91 Å². The number of carbonyl (C=O) groups is 1. The standard InChI is InChI=1S/C21H25ClN2O3/c1-3-24(4-2)18(16-7-5-6-8-17(16)22)14-23-21(25)15-9-10-19-20(13-15)27-12-11-26-19/h5-10,13,18H,3-4,11-12,14H2,1-2H3,(H,23,25). The first-order valence-corrected chi connectivity index (χ1v) is 9.68. The number of rotatable bonds is 7. The van der Waals surface area contributed by atoms with Gasteiger partial charge in [-0.15, -0.1) is 0 Å². The molecule has 5 nitrogen and oxygen atoms in total. The van der Waals surface area contributed by atoms with Crippen LogP contribution in [-0.4, -0.2) is 43.7 Å². The van der Waals surface area contributed by atoms with E-state index >= 15 is 0 Å². The molecule has 1 aliphatic rings. The number of amides is 1. The van der Waals surface area contributed by atoms with Gasteiger partial charge in [-0.1, -0.05) is 43.6 Å². The number of ether oxygens (including phenoxy) is 2. The van der Waals surface area contributed by atoms with Crippen LogP contribution in [0.3, 0.4) is 0 Å². The third-order valence-electron chi connectivity index (χ3n) is 4.78. The summed E-state index contributed by atoms with van der Waals surface area (Å²) in [6.07, 6.45) is 0. The molecule has 0 saturated carbocycles. The minimum absolute atomic E-state index is 0.00913. The molecule has 0 bridgehead atoms. The van der Waals surface area contributed by atoms with Crippen molar-refractivity contribution in [3.63, 3.8) is 0 Å². The van der Waals surface area contributed by atoms with Crippen LogP contribution in [0.1, 0.15) is 35.8 Å². The van der Waals surface area contributed by atoms with E-state index in [1.54, 1.807) is 18.2 Å². The van der Waals surface area contributed by atoms with E-state index in [0.29, 0.717) is 41.8 Å². The van der Waals surface area contributed by atoms with Gasteiger partial charge in [0.05, 0.1) is 6.04 Å². The molecule has 0 aromatic heterocycles. The molecule has 1 aliphatic heterocycles. The van der Waals surface area contributed by atoms with Crippen LogP contribution in [0.4, 0.5) is 0 Å². The summed E-state index contributed by atoms with van der Waals surface area (Å²) in [4.78, 5) is 15.0. The topological polar surface area (TPSA) is 50.8 Å². The molecular formula is C21H25ClN2O3. The molecule has 0 spiro atoms. The lowest BCUT2D eigenvalue weighted by atomic mass is 10.0. The summed E-state index contributed by atoms with van der Waals surface area (Å²) in [6, 6.07) is 13.1. The third-order valence-corrected chi connectivity index (χ3v) is 5.12. The van der Waals surface area contributed by atoms with E-state index < -0.39 is 0 Å². The monoisotopic (exact) mass is 388 g/mol. The number of benzene rings is 2. The van der Waals surface area contributed by atoms with Gasteiger partial charge in [-0.25, -0.2) is 0 Å². The summed E-state index contributed by atoms with van der Waals surface area (Å²) in [5, 5.41) is 3.76. The highest BCUT2D eigenvalue weighted by Gasteiger charge is 2.22. The first-order chi connectivity index (χ1) is 13.1. The summed E-state index contributed by atoms with van der Waals surface area (Å²) in [5.41, 5.74) is 1.57. The number of likely N-dealkylation sites (N-methyl/N-ethyl adjacent to an activating group) is 1. The van der Waals surface area contributed by atoms with Crippen LogP contribution in [0.25, 0.3) is 0 Å². The first-order valence-electron chi connectivity index (χ1n) is 9.30. The fraction of sp³-hybridized carbons (Fsp3) is 0.381. The summed E-state index contributed by atoms with van der Waals surface area (Å²) in [6.45, 7) is 7.44. The Bertz CT molecular complexity index is 793. The zero-order chi connectivity index (χ0) is 19.2. The van der Waals surface area contributed by atoms with Gasteiger partial charge < -0.3 is 14.8 Å². The SMILES string of the molecule is CCN(CC)C(CNC(=O)c1ccc2c(c1)OCCO2)c1ccccc1Cl. The maximum absolute atomic E-state index is 12.7. The molecule has 2 aromatic rings. The third kappa shape index (κ3) is 4.54. The number of fused-ring (bicyclic) bond motifs is 1. The maximum atomic E-state index is 12.7. The summed E-state index contributed by atoms with van der Waals surface area (Å²) in [7, 11) is 0. The lowest BCUT2D eigenvalue weighted by Crippen LogP contribution is -2.38. The van der Waals surface area contributed by atoms with Gasteiger partial charge in [0.1, 0.15) is 13.2 Å². The van der Waals surface area contributed by atoms with E-state index in [1.165, 1.54) is 0 Å². The van der Waals surface area contributed by atoms with Gasteiger partial charge in [0.2, 0.25) is 0 Å². The van der Waals surface area contributed by atoms with Crippen molar-refractivity contribution in [3.05, 3.63) is 58.6 Å². The molecular weight excluding hydrogens is 364 g/mol. The minimum Gasteiger partial charge on any atom is -0.486 e. The Kier molecular flexibility index (Phi) is 6.58. The lowest BCUT2D eigenvalue weighted by molar-refractivity contribution is 0.0933. The van der Waals surface area contributed by atoms with Crippen LogP contribution >= 0.6 is 11.6 Å². The second kappa shape index (κ2) is 9.11. The van der Waals surface area contributed by atoms with Gasteiger partial charge in [0, 0.05) is 17.1 Å². The summed E-state index contributed by atoms with van der Waals surface area (Å²) >= 11 is 6.42. The summed E-state index contributed by atoms with van der Waals surface area (Å²) < 4.78 is 11.1. The highest BCUT2D eigenvalue weighted by atomic mass is 35.5. The minimum atomic E-state index is -0.142. The average Bonchev–Trinajstić information content (AvgIpc) is 2.71. The van der Waals surface area contributed by atoms with Crippen LogP contribution in [0, 0.1) is 0 Å². The Morgan fingerprint density at radius 2 is 1.81 bits per heavy atom. The molecule has 144 valence electrons. The molecule has 1 amide bonds. The quantitative estimate of drug-likeness (QED) is 0.780. The predicted octanol–water partition coefficient (Wildman–Crippen LogP) is 3.92. The molecule has 3 rings (SSSR count). The molecule has 0 fully saturated rings. The Hall–Kier alpha value is -2.24. The van der Waals surface area contributed by atoms with E-state index in [-0.39, 0.29) is 11.9 Å². The van der Waals surface area contributed by atoms with Gasteiger partial charge in [-0.2, -0.15) is 0 Å². The van der Waals surface area contributed by atoms with Crippen LogP contribution in [0.15, 0.2) is 42.5 Å². The smallest absolute Gasteiger partial charge is 0.251 e. The van der Waals surface area contributed by atoms with Crippen LogP contribution in [0.5, 0.6) is 11.5 Å². The van der Waals surface area contributed by atoms with Crippen molar-refractivity contribution >= 4 is 17.5 Å². The van der Waals surface area contributed by atoms with E-state index in [1.807, 2.05) is 24.3 Å². The highest BCUT2D eigenvalue weighted by Crippen LogP contribution is 2.31. The Morgan fingerprint density at radius 1 is 1.11 bits per heavy atom. The van der Waals surface area contributed by atoms with Crippen LogP contribution in [0.2, 0.25) is 5.02 Å². The van der Waals surface area contributed by atoms with Crippen molar-refractivity contribution in [2.45, 2.75) is 19.9 Å². The van der Waals surface area contributed by atoms with Crippen molar-refractivity contribution in [3.8, 4) is 11.5 Å². The normalized spacial score (nSPS) is 14.1. The lowest BCUT2D eigenvalue weighted by Gasteiger charge is -2.31. The Balaban J connectivity index is 1.75. The number of hydrogen-bond donors (Lipinski definition) is 1. The molecule has 0 radical (unpaired) electrons. The predicted molar refractivity (Wildman–Crippen MR) is 107 cm³/mol. The van der Waals surface area contributed by atoms with E-state index in [9.17, 15) is 4.79 Å². The van der Waals surface area contributed by atoms with Gasteiger partial charge in [0.15, 0.2) is 11.5 Å². The van der Waals surface area contributed by atoms with Crippen LogP contribution < -0.4 is 14.8 Å². The summed E-state index contributed by atoms with van der Waals surface area (Å²) in [5.74, 6) is 1.14. The van der Waals surface area contributed by atoms with E-state index in [0.717, 1.165) is 18.7 Å². The molecule has 1 atom stereocenters. The Labute approximate surface area is 165 Å². The van der Waals surface area contributed by atoms with E-state index in [4.69, 9.17) is 21.1 Å². The van der Waals surface area contributed by atoms with Crippen molar-refractivity contribution in [2.75, 3.05) is 32.8 Å². The van der Waals surface area contributed by atoms with Gasteiger partial charge in [-0.3, -0.25) is 9.69 Å². The molecule has 0 saturated heterocycles. The Morgan fingerprint density at radius 3 is 2.52 bits per heavy atom. The zero-order valence-electron chi connectivity index (χ0n) is 15.7. The number of nitrogens with zero attached hydrogens (tertiary/aromatic N) is 1. The molecule has 1 unspecified atom stereocenters. The second-order valence-electron chi connectivity index (χ2n) is 6.33. The second-order valence-corrected chi connectivity index (χ2v) is 6.73.